The number of likely N-dealkylation sites (tertiary alicyclic amines) is 1. The number of likely N-dealkylation sites (N-methyl/N-ethyl adjacent to an activating group) is 2. The Balaban J connectivity index is 0.627. The van der Waals surface area contributed by atoms with Crippen molar-refractivity contribution in [2.45, 2.75) is 109 Å². The zero-order valence-electron chi connectivity index (χ0n) is 63.6. The first-order valence-electron chi connectivity index (χ1n) is 37.3. The number of ketones is 1. The number of aryl methyl sites for hydroxylation is 2. The Hall–Kier alpha value is -8.12. The second-order valence-electron chi connectivity index (χ2n) is 29.3. The molecule has 112 heavy (non-hydrogen) atoms. The van der Waals surface area contributed by atoms with Crippen LogP contribution in [0.1, 0.15) is 105 Å². The van der Waals surface area contributed by atoms with Crippen LogP contribution in [0.3, 0.4) is 0 Å². The van der Waals surface area contributed by atoms with Crippen molar-refractivity contribution < 1.29 is 105 Å². The quantitative estimate of drug-likeness (QED) is 0.00607. The number of ether oxygens (including phenoxy) is 8. The summed E-state index contributed by atoms with van der Waals surface area (Å²) in [7, 11) is -1.97. The van der Waals surface area contributed by atoms with Crippen LogP contribution in [0.4, 0.5) is 31.4 Å². The summed E-state index contributed by atoms with van der Waals surface area (Å²) in [6, 6.07) is 8.02. The largest absolute Gasteiger partial charge is 0.524 e. The highest BCUT2D eigenvalue weighted by molar-refractivity contribution is 7.81. The molecule has 5 atom stereocenters. The molecule has 612 valence electrons. The van der Waals surface area contributed by atoms with Crippen molar-refractivity contribution in [3.8, 4) is 11.5 Å². The van der Waals surface area contributed by atoms with E-state index in [-0.39, 0.29) is 188 Å². The zero-order valence-corrected chi connectivity index (χ0v) is 66.9. The molecule has 5 aromatic rings. The number of carbonyl (C=O) groups excluding carboxylic acids is 10. The van der Waals surface area contributed by atoms with E-state index in [0.717, 1.165) is 32.5 Å². The van der Waals surface area contributed by atoms with Crippen LogP contribution in [-0.4, -0.2) is 250 Å². The average molecular weight is 1640 g/mol. The van der Waals surface area contributed by atoms with E-state index in [4.69, 9.17) is 71.4 Å². The number of amides is 10. The molecule has 3 saturated carbocycles. The van der Waals surface area contributed by atoms with Gasteiger partial charge in [0.1, 0.15) is 6.61 Å². The second-order valence-corrected chi connectivity index (χ2v) is 31.7. The summed E-state index contributed by atoms with van der Waals surface area (Å²) in [5.41, 5.74) is 9.65. The highest BCUT2D eigenvalue weighted by Crippen LogP contribution is 2.75. The summed E-state index contributed by atoms with van der Waals surface area (Å²) >= 11 is 17.3. The molecule has 5 heterocycles. The van der Waals surface area contributed by atoms with Crippen molar-refractivity contribution in [3.63, 3.8) is 0 Å². The van der Waals surface area contributed by atoms with E-state index in [1.54, 1.807) is 66.4 Å². The first-order valence-corrected chi connectivity index (χ1v) is 40.4. The van der Waals surface area contributed by atoms with Gasteiger partial charge in [0.15, 0.2) is 17.3 Å². The Morgan fingerprint density at radius 2 is 1.21 bits per heavy atom. The highest BCUT2D eigenvalue weighted by Gasteiger charge is 2.76. The van der Waals surface area contributed by atoms with Gasteiger partial charge >= 0.3 is 26.0 Å². The zero-order chi connectivity index (χ0) is 80.8. The number of carbonyl (C=O) groups is 10. The molecule has 0 spiro atoms. The van der Waals surface area contributed by atoms with Gasteiger partial charge < -0.3 is 93.7 Å². The number of halogens is 2. The van der Waals surface area contributed by atoms with Crippen LogP contribution in [0.25, 0.3) is 21.8 Å². The molecule has 4 fully saturated rings. The number of Topliss-reactive ketones (excluding diaryl/α,β-unsaturated/α-hetero) is 1. The fraction of sp³-hybridized carbons (Fsp3) is 0.573. The maximum Gasteiger partial charge on any atom is 0.524 e. The third kappa shape index (κ3) is 20.9. The Kier molecular flexibility index (Phi) is 29.9. The molecule has 11 rings (SSSR count). The highest BCUT2D eigenvalue weighted by atomic mass is 35.5. The number of hydrogen-bond acceptors (Lipinski definition) is 21. The lowest BCUT2D eigenvalue weighted by molar-refractivity contribution is -0.205. The molecular formula is C75H100Cl2N11O22PS. The number of rotatable bonds is 44. The molecule has 0 radical (unpaired) electrons. The molecule has 3 aromatic carbocycles. The molecule has 9 N–H and O–H groups in total. The van der Waals surface area contributed by atoms with Crippen LogP contribution in [0.2, 0.25) is 0 Å². The van der Waals surface area contributed by atoms with Crippen molar-refractivity contribution in [3.05, 3.63) is 76.6 Å². The number of nitrogens with two attached hydrogens (primary N) is 1. The maximum absolute atomic E-state index is 15.0. The van der Waals surface area contributed by atoms with Crippen LogP contribution < -0.4 is 40.7 Å². The number of anilines is 3. The molecule has 2 aromatic heterocycles. The minimum atomic E-state index is -5.00. The topological polar surface area (TPSA) is 421 Å². The molecule has 3 aliphatic heterocycles. The van der Waals surface area contributed by atoms with Gasteiger partial charge in [-0.3, -0.25) is 48.2 Å². The lowest BCUT2D eigenvalue weighted by Crippen LogP contribution is -2.73. The van der Waals surface area contributed by atoms with Crippen molar-refractivity contribution in [1.82, 2.24) is 35.3 Å². The van der Waals surface area contributed by atoms with Crippen molar-refractivity contribution in [1.29, 1.82) is 0 Å². The first kappa shape index (κ1) is 86.3. The van der Waals surface area contributed by atoms with E-state index >= 15 is 0 Å². The standard InChI is InChI=1S/C75H100Cl2N11O22PS/c1-44(2)64(83-58(90)13-18-102-20-22-104-24-26-106-28-29-107-27-25-105-23-21-103-19-17-86-59(91)33-57(112)68(86)93)54(89)30-48(8-7-14-79-71(78)96)67(92)82-51-11-9-47(10-12-51)40-108-72(97)84(5)15-16-85(6)73(98)109-55-31-52-62(60-45(3)36-80-65(55)60)49(34-76)38-87(52)69(94)74-41-75(42-74,43-74)70(95)88-39-50(35-77)63-53(88)32-56(110-111(99,100)101)66-61(63)46(4)37-81-66/h9-12,31-32,36-37,44,48-50,57,64,80-81,112H,7-8,13-30,33-35,38-43H2,1-6H3,(H,82,92)(H,83,90)(H3,78,79,96)(H2,99,100,101). The van der Waals surface area contributed by atoms with Gasteiger partial charge in [-0.1, -0.05) is 26.0 Å². The van der Waals surface area contributed by atoms with Crippen LogP contribution in [-0.2, 0) is 77.9 Å². The van der Waals surface area contributed by atoms with E-state index in [2.05, 4.69) is 38.5 Å². The van der Waals surface area contributed by atoms with E-state index < -0.39 is 65.9 Å². The number of alkyl halides is 2. The molecule has 5 unspecified atom stereocenters. The molecule has 37 heteroatoms. The monoisotopic (exact) mass is 1640 g/mol. The summed E-state index contributed by atoms with van der Waals surface area (Å²) in [6.07, 6.45) is 3.23. The SMILES string of the molecule is Cc1c[nH]c2c(OC(=O)N(C)CCN(C)C(=O)OCc3ccc(NC(=O)C(CCCNC(N)=O)CC(=O)C(NC(=O)CCOCCOCCOCCOCCOCCOCCN4C(=O)CC(S)C4=O)C(C)C)cc3)cc3c(c12)C(CCl)CN3C(=O)C12CC(C(=O)N3CC(CCl)c4c3cc(OP(=O)(O)O)c3[nH]cc(C)c43)(C1)C2. The van der Waals surface area contributed by atoms with Gasteiger partial charge in [-0.25, -0.2) is 18.9 Å². The van der Waals surface area contributed by atoms with Gasteiger partial charge in [0, 0.05) is 137 Å². The van der Waals surface area contributed by atoms with Gasteiger partial charge in [0.2, 0.25) is 35.4 Å². The van der Waals surface area contributed by atoms with E-state index in [9.17, 15) is 62.3 Å². The summed E-state index contributed by atoms with van der Waals surface area (Å²) < 4.78 is 62.0. The van der Waals surface area contributed by atoms with Gasteiger partial charge in [-0.15, -0.1) is 23.2 Å². The number of nitrogens with one attached hydrogen (secondary N) is 5. The second kappa shape index (κ2) is 38.8. The number of primary amides is 1. The van der Waals surface area contributed by atoms with Gasteiger partial charge in [-0.05, 0) is 91.8 Å². The summed E-state index contributed by atoms with van der Waals surface area (Å²) in [5.74, 6) is -3.52. The number of fused-ring (bicyclic) bond motifs is 6. The van der Waals surface area contributed by atoms with Crippen molar-refractivity contribution >= 4 is 142 Å². The molecule has 33 nitrogen and oxygen atoms in total. The average Bonchev–Trinajstić information content (AvgIpc) is 0.668. The van der Waals surface area contributed by atoms with Crippen molar-refractivity contribution in [2.24, 2.45) is 28.4 Å². The number of benzene rings is 3. The lowest BCUT2D eigenvalue weighted by atomic mass is 9.34. The number of phosphoric acid groups is 1. The third-order valence-electron chi connectivity index (χ3n) is 20.9. The van der Waals surface area contributed by atoms with Crippen LogP contribution in [0, 0.1) is 36.5 Å². The number of aromatic amines is 2. The predicted octanol–water partition coefficient (Wildman–Crippen LogP) is 7.30. The van der Waals surface area contributed by atoms with Crippen molar-refractivity contribution in [2.75, 3.05) is 160 Å². The van der Waals surface area contributed by atoms with Gasteiger partial charge in [0.05, 0.1) is 130 Å². The number of urea groups is 1. The number of imide groups is 1. The first-order chi connectivity index (χ1) is 53.5. The molecular weight excluding hydrogens is 1540 g/mol. The smallest absolute Gasteiger partial charge is 0.445 e. The van der Waals surface area contributed by atoms with Crippen LogP contribution in [0.5, 0.6) is 11.5 Å². The van der Waals surface area contributed by atoms with Crippen LogP contribution in [0.15, 0.2) is 48.8 Å². The summed E-state index contributed by atoms with van der Waals surface area (Å²) in [6.45, 7) is 11.5. The number of hydrogen-bond donors (Lipinski definition) is 9. The minimum Gasteiger partial charge on any atom is -0.445 e. The summed E-state index contributed by atoms with van der Waals surface area (Å²) in [5, 5.41) is 9.01. The Bertz CT molecular complexity index is 4290. The number of phosphoric ester groups is 1. The van der Waals surface area contributed by atoms with Crippen LogP contribution >= 0.6 is 43.7 Å². The minimum absolute atomic E-state index is 0.0249. The molecule has 2 bridgehead atoms. The third-order valence-corrected chi connectivity index (χ3v) is 22.4. The number of thiol groups is 1. The fourth-order valence-corrected chi connectivity index (χ4v) is 16.3. The fourth-order valence-electron chi connectivity index (χ4n) is 15.1. The van der Waals surface area contributed by atoms with E-state index in [1.165, 1.54) is 30.0 Å². The molecule has 3 aliphatic carbocycles. The number of H-pyrrole nitrogens is 2. The molecule has 6 aliphatic rings. The summed E-state index contributed by atoms with van der Waals surface area (Å²) in [4.78, 5) is 166. The normalized spacial score (nSPS) is 19.5. The maximum atomic E-state index is 15.0. The van der Waals surface area contributed by atoms with E-state index in [0.29, 0.717) is 98.3 Å². The Labute approximate surface area is 663 Å². The lowest BCUT2D eigenvalue weighted by Gasteiger charge is -2.69. The molecule has 1 saturated heterocycles. The Morgan fingerprint density at radius 3 is 1.69 bits per heavy atom. The number of nitrogens with zero attached hydrogens (tertiary/aromatic N) is 5. The molecule has 10 amide bonds. The van der Waals surface area contributed by atoms with E-state index in [1.807, 2.05) is 13.8 Å². The Morgan fingerprint density at radius 1 is 0.714 bits per heavy atom. The predicted molar refractivity (Wildman–Crippen MR) is 416 cm³/mol. The van der Waals surface area contributed by atoms with Gasteiger partial charge in [0.25, 0.3) is 0 Å². The number of aromatic nitrogens is 2. The van der Waals surface area contributed by atoms with Gasteiger partial charge in [-0.2, -0.15) is 12.6 Å².